The number of rotatable bonds is 6. The molecule has 2 aromatic rings. The Morgan fingerprint density at radius 1 is 1.00 bits per heavy atom. The summed E-state index contributed by atoms with van der Waals surface area (Å²) in [7, 11) is -7.47. The first-order valence-corrected chi connectivity index (χ1v) is 10.3. The Morgan fingerprint density at radius 3 is 2.04 bits per heavy atom. The Balaban J connectivity index is 2.25. The molecule has 136 valence electrons. The van der Waals surface area contributed by atoms with Crippen molar-refractivity contribution in [1.82, 2.24) is 0 Å². The number of anilines is 1. The maximum atomic E-state index is 12.3. The average molecular weight is 412 g/mol. The SMILES string of the molecule is CS(=O)(=O)c1ccc(S(=O)(=O)Nc2ccc(OC(F)F)c(Cl)c2)cc1. The third kappa shape index (κ3) is 5.03. The fourth-order valence-corrected chi connectivity index (χ4v) is 3.74. The predicted octanol–water partition coefficient (Wildman–Crippen LogP) is 3.15. The fraction of sp³-hybridized carbons (Fsp3) is 0.143. The highest BCUT2D eigenvalue weighted by molar-refractivity contribution is 7.92. The number of ether oxygens (including phenoxy) is 1. The third-order valence-corrected chi connectivity index (χ3v) is 5.78. The molecular formula is C14H12ClF2NO5S2. The van der Waals surface area contributed by atoms with Crippen molar-refractivity contribution in [3.8, 4) is 5.75 Å². The van der Waals surface area contributed by atoms with Gasteiger partial charge in [0.25, 0.3) is 10.0 Å². The zero-order chi connectivity index (χ0) is 18.8. The van der Waals surface area contributed by atoms with Crippen LogP contribution in [0.3, 0.4) is 0 Å². The van der Waals surface area contributed by atoms with Gasteiger partial charge in [-0.1, -0.05) is 11.6 Å². The number of sulfone groups is 1. The largest absolute Gasteiger partial charge is 0.433 e. The van der Waals surface area contributed by atoms with Crippen LogP contribution in [0.2, 0.25) is 5.02 Å². The number of halogens is 3. The molecule has 0 amide bonds. The van der Waals surface area contributed by atoms with Crippen molar-refractivity contribution in [3.05, 3.63) is 47.5 Å². The molecule has 2 rings (SSSR count). The van der Waals surface area contributed by atoms with Crippen LogP contribution in [0.15, 0.2) is 52.3 Å². The first-order valence-electron chi connectivity index (χ1n) is 6.56. The van der Waals surface area contributed by atoms with Gasteiger partial charge in [-0.05, 0) is 42.5 Å². The smallest absolute Gasteiger partial charge is 0.387 e. The number of sulfonamides is 1. The van der Waals surface area contributed by atoms with Gasteiger partial charge >= 0.3 is 6.61 Å². The minimum Gasteiger partial charge on any atom is -0.433 e. The molecule has 0 saturated carbocycles. The minimum atomic E-state index is -4.02. The maximum Gasteiger partial charge on any atom is 0.387 e. The van der Waals surface area contributed by atoms with Gasteiger partial charge in [0.2, 0.25) is 0 Å². The van der Waals surface area contributed by atoms with Crippen molar-refractivity contribution in [2.45, 2.75) is 16.4 Å². The van der Waals surface area contributed by atoms with E-state index in [2.05, 4.69) is 9.46 Å². The highest BCUT2D eigenvalue weighted by Gasteiger charge is 2.17. The zero-order valence-electron chi connectivity index (χ0n) is 12.6. The van der Waals surface area contributed by atoms with E-state index in [-0.39, 0.29) is 26.3 Å². The van der Waals surface area contributed by atoms with Crippen LogP contribution < -0.4 is 9.46 Å². The lowest BCUT2D eigenvalue weighted by atomic mass is 10.3. The van der Waals surface area contributed by atoms with E-state index in [1.54, 1.807) is 0 Å². The Morgan fingerprint density at radius 2 is 1.56 bits per heavy atom. The second-order valence-electron chi connectivity index (χ2n) is 4.87. The van der Waals surface area contributed by atoms with Crippen LogP contribution in [0.4, 0.5) is 14.5 Å². The van der Waals surface area contributed by atoms with E-state index in [4.69, 9.17) is 11.6 Å². The molecule has 0 bridgehead atoms. The molecule has 0 aliphatic heterocycles. The zero-order valence-corrected chi connectivity index (χ0v) is 15.0. The first kappa shape index (κ1) is 19.4. The van der Waals surface area contributed by atoms with Crippen LogP contribution in [0.1, 0.15) is 0 Å². The normalized spacial score (nSPS) is 12.2. The molecule has 2 aromatic carbocycles. The van der Waals surface area contributed by atoms with Crippen molar-refractivity contribution in [3.63, 3.8) is 0 Å². The molecule has 11 heteroatoms. The van der Waals surface area contributed by atoms with Crippen LogP contribution >= 0.6 is 11.6 Å². The van der Waals surface area contributed by atoms with Gasteiger partial charge < -0.3 is 4.74 Å². The quantitative estimate of drug-likeness (QED) is 0.788. The van der Waals surface area contributed by atoms with Crippen molar-refractivity contribution in [2.24, 2.45) is 0 Å². The van der Waals surface area contributed by atoms with Crippen LogP contribution in [0, 0.1) is 0 Å². The maximum absolute atomic E-state index is 12.3. The number of benzene rings is 2. The van der Waals surface area contributed by atoms with Crippen LogP contribution in [0.5, 0.6) is 5.75 Å². The highest BCUT2D eigenvalue weighted by Crippen LogP contribution is 2.30. The summed E-state index contributed by atoms with van der Waals surface area (Å²) in [6.07, 6.45) is 1.000. The molecule has 6 nitrogen and oxygen atoms in total. The molecule has 0 unspecified atom stereocenters. The Kier molecular flexibility index (Phi) is 5.55. The third-order valence-electron chi connectivity index (χ3n) is 2.96. The van der Waals surface area contributed by atoms with Crippen molar-refractivity contribution >= 4 is 37.1 Å². The summed E-state index contributed by atoms with van der Waals surface area (Å²) in [4.78, 5) is -0.202. The number of nitrogens with one attached hydrogen (secondary N) is 1. The molecule has 0 saturated heterocycles. The number of alkyl halides is 2. The molecule has 0 spiro atoms. The van der Waals surface area contributed by atoms with E-state index >= 15 is 0 Å². The van der Waals surface area contributed by atoms with Crippen molar-refractivity contribution in [2.75, 3.05) is 11.0 Å². The molecule has 0 fully saturated rings. The van der Waals surface area contributed by atoms with E-state index in [9.17, 15) is 25.6 Å². The molecule has 0 aromatic heterocycles. The van der Waals surface area contributed by atoms with Gasteiger partial charge in [0.05, 0.1) is 20.5 Å². The standard InChI is InChI=1S/C14H12ClF2NO5S2/c1-24(19,20)10-3-5-11(6-4-10)25(21,22)18-9-2-7-13(12(15)8-9)23-14(16)17/h2-8,14,18H,1H3. The minimum absolute atomic E-state index is 0.0250. The molecule has 1 N–H and O–H groups in total. The Bertz CT molecular complexity index is 977. The number of hydrogen-bond acceptors (Lipinski definition) is 5. The fourth-order valence-electron chi connectivity index (χ4n) is 1.84. The monoisotopic (exact) mass is 411 g/mol. The van der Waals surface area contributed by atoms with Gasteiger partial charge in [-0.15, -0.1) is 0 Å². The summed E-state index contributed by atoms with van der Waals surface area (Å²) in [6, 6.07) is 8.00. The second-order valence-corrected chi connectivity index (χ2v) is 8.98. The highest BCUT2D eigenvalue weighted by atomic mass is 35.5. The predicted molar refractivity (Wildman–Crippen MR) is 88.4 cm³/mol. The summed E-state index contributed by atoms with van der Waals surface area (Å²) in [6.45, 7) is -3.06. The van der Waals surface area contributed by atoms with E-state index in [1.807, 2.05) is 0 Å². The first-order chi connectivity index (χ1) is 11.5. The molecule has 0 aliphatic carbocycles. The molecule has 0 heterocycles. The Labute approximate surface area is 148 Å². The van der Waals surface area contributed by atoms with Crippen LogP contribution in [0.25, 0.3) is 0 Å². The Hall–Kier alpha value is -1.91. The average Bonchev–Trinajstić information content (AvgIpc) is 2.48. The molecule has 0 radical (unpaired) electrons. The van der Waals surface area contributed by atoms with Crippen LogP contribution in [-0.4, -0.2) is 29.7 Å². The van der Waals surface area contributed by atoms with E-state index in [1.165, 1.54) is 6.07 Å². The van der Waals surface area contributed by atoms with Crippen molar-refractivity contribution in [1.29, 1.82) is 0 Å². The summed E-state index contributed by atoms with van der Waals surface area (Å²) in [5.74, 6) is -0.294. The summed E-state index contributed by atoms with van der Waals surface area (Å²) in [5.41, 5.74) is 0.0267. The van der Waals surface area contributed by atoms with E-state index < -0.39 is 26.5 Å². The molecule has 0 aliphatic rings. The second kappa shape index (κ2) is 7.14. The van der Waals surface area contributed by atoms with Gasteiger partial charge in [0.1, 0.15) is 5.75 Å². The van der Waals surface area contributed by atoms with Gasteiger partial charge in [-0.25, -0.2) is 16.8 Å². The van der Waals surface area contributed by atoms with E-state index in [0.717, 1.165) is 42.7 Å². The molecule has 25 heavy (non-hydrogen) atoms. The summed E-state index contributed by atoms with van der Waals surface area (Å²) < 4.78 is 78.1. The van der Waals surface area contributed by atoms with Gasteiger partial charge in [0.15, 0.2) is 9.84 Å². The molecule has 0 atom stereocenters. The van der Waals surface area contributed by atoms with Gasteiger partial charge in [-0.2, -0.15) is 8.78 Å². The molecular weight excluding hydrogens is 400 g/mol. The summed E-state index contributed by atoms with van der Waals surface area (Å²) in [5, 5.41) is -0.201. The van der Waals surface area contributed by atoms with Crippen molar-refractivity contribution < 1.29 is 30.4 Å². The van der Waals surface area contributed by atoms with E-state index in [0.29, 0.717) is 0 Å². The van der Waals surface area contributed by atoms with Gasteiger partial charge in [0, 0.05) is 6.26 Å². The lowest BCUT2D eigenvalue weighted by Gasteiger charge is -2.11. The lowest BCUT2D eigenvalue weighted by Crippen LogP contribution is -2.13. The lowest BCUT2D eigenvalue weighted by molar-refractivity contribution is -0.0497. The number of hydrogen-bond donors (Lipinski definition) is 1. The van der Waals surface area contributed by atoms with Gasteiger partial charge in [-0.3, -0.25) is 4.72 Å². The summed E-state index contributed by atoms with van der Waals surface area (Å²) >= 11 is 5.76. The topological polar surface area (TPSA) is 89.5 Å². The van der Waals surface area contributed by atoms with Crippen LogP contribution in [-0.2, 0) is 19.9 Å².